The Bertz CT molecular complexity index is 3650. The Morgan fingerprint density at radius 3 is 1.72 bits per heavy atom. The van der Waals surface area contributed by atoms with Gasteiger partial charge in [-0.2, -0.15) is 0 Å². The molecular formula is C58H38N2. The maximum atomic E-state index is 5.20. The van der Waals surface area contributed by atoms with Gasteiger partial charge in [-0.1, -0.05) is 176 Å². The van der Waals surface area contributed by atoms with Crippen molar-refractivity contribution < 1.29 is 0 Å². The van der Waals surface area contributed by atoms with Gasteiger partial charge in [0, 0.05) is 11.3 Å². The van der Waals surface area contributed by atoms with Gasteiger partial charge in [-0.25, -0.2) is 4.98 Å². The Balaban J connectivity index is 0.943. The van der Waals surface area contributed by atoms with Crippen molar-refractivity contribution in [3.05, 3.63) is 218 Å². The van der Waals surface area contributed by atoms with Crippen LogP contribution in [0.15, 0.2) is 212 Å². The van der Waals surface area contributed by atoms with Crippen LogP contribution < -0.4 is 0 Å². The number of hydrogen-bond acceptors (Lipinski definition) is 1. The van der Waals surface area contributed by atoms with Gasteiger partial charge in [-0.05, 0) is 136 Å². The number of aromatic nitrogens is 2. The highest BCUT2D eigenvalue weighted by atomic mass is 15.1. The van der Waals surface area contributed by atoms with Crippen LogP contribution in [0.2, 0.25) is 0 Å². The normalized spacial score (nSPS) is 11.8. The lowest BCUT2D eigenvalue weighted by molar-refractivity contribution is 1.11. The van der Waals surface area contributed by atoms with Crippen LogP contribution in [0, 0.1) is 6.92 Å². The summed E-state index contributed by atoms with van der Waals surface area (Å²) in [5, 5.41) is 12.6. The molecule has 1 heterocycles. The van der Waals surface area contributed by atoms with Crippen molar-refractivity contribution in [1.29, 1.82) is 0 Å². The minimum absolute atomic E-state index is 0.942. The Morgan fingerprint density at radius 2 is 0.933 bits per heavy atom. The molecular weight excluding hydrogens is 725 g/mol. The molecule has 0 amide bonds. The lowest BCUT2D eigenvalue weighted by Gasteiger charge is -2.16. The first-order valence-corrected chi connectivity index (χ1v) is 20.7. The summed E-state index contributed by atoms with van der Waals surface area (Å²) in [5.74, 6) is 0.942. The Hall–Kier alpha value is -7.81. The zero-order chi connectivity index (χ0) is 39.7. The molecule has 0 N–H and O–H groups in total. The summed E-state index contributed by atoms with van der Waals surface area (Å²) in [6, 6.07) is 77.4. The third kappa shape index (κ3) is 5.38. The van der Waals surface area contributed by atoms with Crippen molar-refractivity contribution in [2.75, 3.05) is 0 Å². The number of para-hydroxylation sites is 3. The van der Waals surface area contributed by atoms with Gasteiger partial charge in [0.05, 0.1) is 11.0 Å². The molecule has 12 rings (SSSR count). The first-order valence-electron chi connectivity index (χ1n) is 20.7. The van der Waals surface area contributed by atoms with E-state index in [0.717, 1.165) is 28.1 Å². The number of hydrogen-bond donors (Lipinski definition) is 0. The monoisotopic (exact) mass is 762 g/mol. The average Bonchev–Trinajstić information content (AvgIpc) is 3.70. The highest BCUT2D eigenvalue weighted by Crippen LogP contribution is 2.42. The zero-order valence-electron chi connectivity index (χ0n) is 33.1. The molecule has 0 aliphatic heterocycles. The van der Waals surface area contributed by atoms with Crippen molar-refractivity contribution in [2.24, 2.45) is 0 Å². The van der Waals surface area contributed by atoms with Crippen molar-refractivity contribution >= 4 is 64.9 Å². The molecule has 2 nitrogen and oxygen atoms in total. The van der Waals surface area contributed by atoms with Crippen LogP contribution in [0.25, 0.3) is 115 Å². The Kier molecular flexibility index (Phi) is 7.79. The topological polar surface area (TPSA) is 17.8 Å². The number of imidazole rings is 1. The summed E-state index contributed by atoms with van der Waals surface area (Å²) in [7, 11) is 0. The van der Waals surface area contributed by atoms with Gasteiger partial charge < -0.3 is 0 Å². The fourth-order valence-electron chi connectivity index (χ4n) is 9.72. The van der Waals surface area contributed by atoms with E-state index in [4.69, 9.17) is 4.98 Å². The van der Waals surface area contributed by atoms with Crippen LogP contribution in [-0.2, 0) is 0 Å². The summed E-state index contributed by atoms with van der Waals surface area (Å²) in [6.45, 7) is 2.23. The van der Waals surface area contributed by atoms with Gasteiger partial charge in [0.2, 0.25) is 0 Å². The molecule has 2 heteroatoms. The highest BCUT2D eigenvalue weighted by Gasteiger charge is 2.19. The third-order valence-corrected chi connectivity index (χ3v) is 12.5. The number of fused-ring (bicyclic) bond motifs is 8. The van der Waals surface area contributed by atoms with Crippen molar-refractivity contribution in [3.8, 4) is 50.5 Å². The van der Waals surface area contributed by atoms with Gasteiger partial charge in [0.1, 0.15) is 5.82 Å². The maximum absolute atomic E-state index is 5.20. The molecule has 0 saturated carbocycles. The second kappa shape index (κ2) is 13.7. The summed E-state index contributed by atoms with van der Waals surface area (Å²) in [5.41, 5.74) is 12.9. The molecule has 280 valence electrons. The fraction of sp³-hybridized carbons (Fsp3) is 0.0172. The van der Waals surface area contributed by atoms with E-state index in [2.05, 4.69) is 224 Å². The lowest BCUT2D eigenvalue weighted by atomic mass is 9.88. The quantitative estimate of drug-likeness (QED) is 0.160. The standard InChI is InChI=1S/C58H38N2/c1-37-12-9-13-40-28-29-42-15-11-21-51(57(42)55(37)40)50-20-10-14-41-30-31-44-36-43(32-33-47(44)56(41)50)38-24-26-39(27-25-38)46-34-35-52(49-19-6-5-18-48(46)49)58-59-53-22-7-8-23-54(53)60(58)45-16-3-2-4-17-45/h2-36H,1H3. The smallest absolute Gasteiger partial charge is 0.146 e. The van der Waals surface area contributed by atoms with Crippen molar-refractivity contribution in [3.63, 3.8) is 0 Å². The minimum Gasteiger partial charge on any atom is -0.292 e. The van der Waals surface area contributed by atoms with Crippen LogP contribution in [0.4, 0.5) is 0 Å². The van der Waals surface area contributed by atoms with E-state index in [-0.39, 0.29) is 0 Å². The number of aryl methyl sites for hydroxylation is 1. The van der Waals surface area contributed by atoms with Crippen LogP contribution in [-0.4, -0.2) is 9.55 Å². The van der Waals surface area contributed by atoms with Crippen LogP contribution in [0.5, 0.6) is 0 Å². The molecule has 12 aromatic rings. The molecule has 0 atom stereocenters. The molecule has 0 radical (unpaired) electrons. The van der Waals surface area contributed by atoms with Crippen molar-refractivity contribution in [1.82, 2.24) is 9.55 Å². The summed E-state index contributed by atoms with van der Waals surface area (Å²) in [4.78, 5) is 5.20. The van der Waals surface area contributed by atoms with E-state index in [1.165, 1.54) is 92.8 Å². The predicted octanol–water partition coefficient (Wildman–Crippen LogP) is 15.8. The molecule has 0 unspecified atom stereocenters. The second-order valence-corrected chi connectivity index (χ2v) is 15.9. The van der Waals surface area contributed by atoms with Gasteiger partial charge in [0.25, 0.3) is 0 Å². The van der Waals surface area contributed by atoms with Crippen molar-refractivity contribution in [2.45, 2.75) is 6.92 Å². The predicted molar refractivity (Wildman–Crippen MR) is 255 cm³/mol. The van der Waals surface area contributed by atoms with E-state index in [1.807, 2.05) is 0 Å². The Morgan fingerprint density at radius 1 is 0.350 bits per heavy atom. The molecule has 60 heavy (non-hydrogen) atoms. The average molecular weight is 763 g/mol. The van der Waals surface area contributed by atoms with E-state index < -0.39 is 0 Å². The van der Waals surface area contributed by atoms with Crippen LogP contribution in [0.1, 0.15) is 5.56 Å². The van der Waals surface area contributed by atoms with Crippen LogP contribution in [0.3, 0.4) is 0 Å². The number of nitrogens with zero attached hydrogens (tertiary/aromatic N) is 2. The first kappa shape index (κ1) is 34.3. The van der Waals surface area contributed by atoms with Gasteiger partial charge in [-0.3, -0.25) is 4.57 Å². The summed E-state index contributed by atoms with van der Waals surface area (Å²) < 4.78 is 2.28. The maximum Gasteiger partial charge on any atom is 0.146 e. The molecule has 1 aromatic heterocycles. The number of rotatable bonds is 5. The van der Waals surface area contributed by atoms with E-state index in [9.17, 15) is 0 Å². The van der Waals surface area contributed by atoms with E-state index >= 15 is 0 Å². The second-order valence-electron chi connectivity index (χ2n) is 15.9. The van der Waals surface area contributed by atoms with Gasteiger partial charge >= 0.3 is 0 Å². The van der Waals surface area contributed by atoms with Crippen LogP contribution >= 0.6 is 0 Å². The molecule has 11 aromatic carbocycles. The third-order valence-electron chi connectivity index (χ3n) is 12.5. The molecule has 0 aliphatic rings. The lowest BCUT2D eigenvalue weighted by Crippen LogP contribution is -1.98. The van der Waals surface area contributed by atoms with Gasteiger partial charge in [0.15, 0.2) is 0 Å². The van der Waals surface area contributed by atoms with E-state index in [0.29, 0.717) is 0 Å². The van der Waals surface area contributed by atoms with Gasteiger partial charge in [-0.15, -0.1) is 0 Å². The highest BCUT2D eigenvalue weighted by molar-refractivity contribution is 6.21. The Labute approximate surface area is 348 Å². The zero-order valence-corrected chi connectivity index (χ0v) is 33.1. The molecule has 0 bridgehead atoms. The molecule has 0 fully saturated rings. The summed E-state index contributed by atoms with van der Waals surface area (Å²) in [6.07, 6.45) is 0. The SMILES string of the molecule is Cc1cccc2ccc3cccc(-c4cccc5ccc6cc(-c7ccc(-c8ccc(-c9nc%10ccccc%10n9-c9ccccc9)c9ccccc89)cc7)ccc6c45)c3c12. The minimum atomic E-state index is 0.942. The molecule has 0 saturated heterocycles. The molecule has 0 spiro atoms. The fourth-order valence-corrected chi connectivity index (χ4v) is 9.72. The summed E-state index contributed by atoms with van der Waals surface area (Å²) >= 11 is 0. The molecule has 0 aliphatic carbocycles. The van der Waals surface area contributed by atoms with E-state index in [1.54, 1.807) is 0 Å². The first-order chi connectivity index (χ1) is 29.7. The number of benzene rings is 11. The largest absolute Gasteiger partial charge is 0.292 e.